The van der Waals surface area contributed by atoms with Gasteiger partial charge in [-0.2, -0.15) is 0 Å². The molecule has 2 aromatic carbocycles. The van der Waals surface area contributed by atoms with Gasteiger partial charge in [-0.05, 0) is 36.4 Å². The second-order valence-electron chi connectivity index (χ2n) is 4.30. The van der Waals surface area contributed by atoms with E-state index in [0.717, 1.165) is 32.8 Å². The van der Waals surface area contributed by atoms with Crippen LogP contribution < -0.4 is 4.74 Å². The van der Waals surface area contributed by atoms with Crippen molar-refractivity contribution in [2.75, 3.05) is 7.11 Å². The van der Waals surface area contributed by atoms with Crippen molar-refractivity contribution in [3.8, 4) is 11.4 Å². The summed E-state index contributed by atoms with van der Waals surface area (Å²) in [5, 5.41) is 0. The Labute approximate surface area is 130 Å². The third-order valence-electron chi connectivity index (χ3n) is 3.14. The maximum absolute atomic E-state index is 6.05. The molecular formula is C15H12BrClN2O. The highest BCUT2D eigenvalue weighted by atomic mass is 79.9. The Balaban J connectivity index is 2.30. The number of aromatic nitrogens is 2. The topological polar surface area (TPSA) is 27.1 Å². The van der Waals surface area contributed by atoms with E-state index in [1.807, 2.05) is 42.5 Å². The van der Waals surface area contributed by atoms with Crippen molar-refractivity contribution in [2.24, 2.45) is 0 Å². The van der Waals surface area contributed by atoms with E-state index in [9.17, 15) is 0 Å². The van der Waals surface area contributed by atoms with Gasteiger partial charge >= 0.3 is 0 Å². The summed E-state index contributed by atoms with van der Waals surface area (Å²) >= 11 is 9.49. The molecule has 0 aliphatic carbocycles. The van der Waals surface area contributed by atoms with E-state index in [2.05, 4.69) is 25.5 Å². The van der Waals surface area contributed by atoms with E-state index in [1.54, 1.807) is 7.11 Å². The molecule has 0 saturated heterocycles. The van der Waals surface area contributed by atoms with Gasteiger partial charge < -0.3 is 4.74 Å². The summed E-state index contributed by atoms with van der Waals surface area (Å²) in [6.45, 7) is 0. The lowest BCUT2D eigenvalue weighted by atomic mass is 10.2. The fourth-order valence-corrected chi connectivity index (χ4v) is 2.70. The Kier molecular flexibility index (Phi) is 3.68. The second kappa shape index (κ2) is 5.46. The zero-order chi connectivity index (χ0) is 14.1. The van der Waals surface area contributed by atoms with Gasteiger partial charge in [-0.25, -0.2) is 4.98 Å². The minimum absolute atomic E-state index is 0.341. The van der Waals surface area contributed by atoms with Crippen LogP contribution in [0, 0.1) is 0 Å². The van der Waals surface area contributed by atoms with Gasteiger partial charge in [0.05, 0.1) is 18.5 Å². The summed E-state index contributed by atoms with van der Waals surface area (Å²) in [6.07, 6.45) is 0. The predicted molar refractivity (Wildman–Crippen MR) is 84.9 cm³/mol. The molecule has 0 fully saturated rings. The summed E-state index contributed by atoms with van der Waals surface area (Å²) in [6, 6.07) is 13.9. The molecule has 20 heavy (non-hydrogen) atoms. The molecule has 5 heteroatoms. The largest absolute Gasteiger partial charge is 0.494 e. The molecule has 0 unspecified atom stereocenters. The lowest BCUT2D eigenvalue weighted by Gasteiger charge is -2.08. The average molecular weight is 352 g/mol. The third kappa shape index (κ3) is 2.19. The summed E-state index contributed by atoms with van der Waals surface area (Å²) in [7, 11) is 1.65. The van der Waals surface area contributed by atoms with Crippen LogP contribution in [0.2, 0.25) is 0 Å². The van der Waals surface area contributed by atoms with Crippen LogP contribution in [-0.4, -0.2) is 16.7 Å². The molecule has 3 aromatic rings. The summed E-state index contributed by atoms with van der Waals surface area (Å²) in [5.74, 6) is 1.90. The number of alkyl halides is 1. The Hall–Kier alpha value is -1.52. The number of fused-ring (bicyclic) bond motifs is 1. The van der Waals surface area contributed by atoms with E-state index < -0.39 is 0 Å². The molecule has 0 atom stereocenters. The molecular weight excluding hydrogens is 340 g/mol. The first-order valence-corrected chi connectivity index (χ1v) is 7.43. The fourth-order valence-electron chi connectivity index (χ4n) is 2.25. The van der Waals surface area contributed by atoms with E-state index >= 15 is 0 Å². The molecule has 0 aliphatic rings. The molecule has 0 amide bonds. The monoisotopic (exact) mass is 350 g/mol. The SMILES string of the molecule is COc1cccc2c1nc(CCl)n2-c1ccc(Br)cc1. The number of hydrogen-bond acceptors (Lipinski definition) is 2. The van der Waals surface area contributed by atoms with Crippen LogP contribution in [0.25, 0.3) is 16.7 Å². The van der Waals surface area contributed by atoms with Crippen molar-refractivity contribution in [1.82, 2.24) is 9.55 Å². The van der Waals surface area contributed by atoms with E-state index in [1.165, 1.54) is 0 Å². The Morgan fingerprint density at radius 1 is 1.20 bits per heavy atom. The van der Waals surface area contributed by atoms with Gasteiger partial charge in [0.2, 0.25) is 0 Å². The van der Waals surface area contributed by atoms with Gasteiger partial charge in [0.15, 0.2) is 0 Å². The molecule has 102 valence electrons. The minimum atomic E-state index is 0.341. The highest BCUT2D eigenvalue weighted by Crippen LogP contribution is 2.29. The third-order valence-corrected chi connectivity index (χ3v) is 3.91. The molecule has 0 spiro atoms. The molecule has 0 aliphatic heterocycles. The quantitative estimate of drug-likeness (QED) is 0.648. The van der Waals surface area contributed by atoms with Crippen LogP contribution >= 0.6 is 27.5 Å². The first kappa shape index (κ1) is 13.5. The first-order valence-electron chi connectivity index (χ1n) is 6.11. The molecule has 3 rings (SSSR count). The van der Waals surface area contributed by atoms with Crippen LogP contribution in [0.5, 0.6) is 5.75 Å². The van der Waals surface area contributed by atoms with E-state index in [4.69, 9.17) is 16.3 Å². The lowest BCUT2D eigenvalue weighted by molar-refractivity contribution is 0.419. The van der Waals surface area contributed by atoms with Crippen molar-refractivity contribution in [2.45, 2.75) is 5.88 Å². The van der Waals surface area contributed by atoms with Gasteiger partial charge in [0.25, 0.3) is 0 Å². The molecule has 0 bridgehead atoms. The number of nitrogens with zero attached hydrogens (tertiary/aromatic N) is 2. The normalized spacial score (nSPS) is 10.9. The number of imidazole rings is 1. The number of ether oxygens (including phenoxy) is 1. The number of hydrogen-bond donors (Lipinski definition) is 0. The van der Waals surface area contributed by atoms with Crippen LogP contribution in [0.1, 0.15) is 5.82 Å². The van der Waals surface area contributed by atoms with Crippen molar-refractivity contribution in [3.63, 3.8) is 0 Å². The second-order valence-corrected chi connectivity index (χ2v) is 5.48. The molecule has 1 heterocycles. The Bertz CT molecular complexity index is 752. The fraction of sp³-hybridized carbons (Fsp3) is 0.133. The van der Waals surface area contributed by atoms with Crippen LogP contribution in [0.15, 0.2) is 46.9 Å². The minimum Gasteiger partial charge on any atom is -0.494 e. The number of para-hydroxylation sites is 1. The molecule has 1 aromatic heterocycles. The van der Waals surface area contributed by atoms with Gasteiger partial charge in [-0.1, -0.05) is 22.0 Å². The van der Waals surface area contributed by atoms with E-state index in [0.29, 0.717) is 5.88 Å². The summed E-state index contributed by atoms with van der Waals surface area (Å²) in [4.78, 5) is 4.60. The van der Waals surface area contributed by atoms with E-state index in [-0.39, 0.29) is 0 Å². The zero-order valence-corrected chi connectivity index (χ0v) is 13.1. The summed E-state index contributed by atoms with van der Waals surface area (Å²) in [5.41, 5.74) is 2.84. The maximum Gasteiger partial charge on any atom is 0.146 e. The predicted octanol–water partition coefficient (Wildman–Crippen LogP) is 4.54. The lowest BCUT2D eigenvalue weighted by Crippen LogP contribution is -1.98. The summed E-state index contributed by atoms with van der Waals surface area (Å²) < 4.78 is 8.46. The Morgan fingerprint density at radius 2 is 1.95 bits per heavy atom. The Morgan fingerprint density at radius 3 is 2.60 bits per heavy atom. The highest BCUT2D eigenvalue weighted by Gasteiger charge is 2.14. The van der Waals surface area contributed by atoms with Gasteiger partial charge in [0, 0.05) is 10.2 Å². The average Bonchev–Trinajstić information content (AvgIpc) is 2.86. The highest BCUT2D eigenvalue weighted by molar-refractivity contribution is 9.10. The number of benzene rings is 2. The zero-order valence-electron chi connectivity index (χ0n) is 10.8. The standard InChI is InChI=1S/C15H12BrClN2O/c1-20-13-4-2-3-12-15(13)18-14(9-17)19(12)11-7-5-10(16)6-8-11/h2-8H,9H2,1H3. The van der Waals surface area contributed by atoms with Crippen molar-refractivity contribution < 1.29 is 4.74 Å². The number of halogens is 2. The van der Waals surface area contributed by atoms with Crippen LogP contribution in [0.4, 0.5) is 0 Å². The van der Waals surface area contributed by atoms with Gasteiger partial charge in [-0.3, -0.25) is 4.57 Å². The molecule has 0 radical (unpaired) electrons. The number of methoxy groups -OCH3 is 1. The van der Waals surface area contributed by atoms with Crippen LogP contribution in [0.3, 0.4) is 0 Å². The molecule has 0 N–H and O–H groups in total. The molecule has 0 saturated carbocycles. The van der Waals surface area contributed by atoms with Crippen molar-refractivity contribution >= 4 is 38.6 Å². The van der Waals surface area contributed by atoms with Crippen molar-refractivity contribution in [1.29, 1.82) is 0 Å². The maximum atomic E-state index is 6.05. The number of rotatable bonds is 3. The molecule has 3 nitrogen and oxygen atoms in total. The van der Waals surface area contributed by atoms with Crippen LogP contribution in [-0.2, 0) is 5.88 Å². The van der Waals surface area contributed by atoms with Crippen molar-refractivity contribution in [3.05, 3.63) is 52.8 Å². The smallest absolute Gasteiger partial charge is 0.146 e. The first-order chi connectivity index (χ1) is 9.74. The van der Waals surface area contributed by atoms with Gasteiger partial charge in [0.1, 0.15) is 17.1 Å². The van der Waals surface area contributed by atoms with Gasteiger partial charge in [-0.15, -0.1) is 11.6 Å².